The molecule has 5 atom stereocenters. The summed E-state index contributed by atoms with van der Waals surface area (Å²) in [5, 5.41) is 9.64. The van der Waals surface area contributed by atoms with Gasteiger partial charge in [0, 0.05) is 17.8 Å². The van der Waals surface area contributed by atoms with Gasteiger partial charge in [0.2, 0.25) is 0 Å². The van der Waals surface area contributed by atoms with Crippen molar-refractivity contribution in [3.05, 3.63) is 23.0 Å². The lowest BCUT2D eigenvalue weighted by molar-refractivity contribution is -0.133. The number of hydrogen-bond acceptors (Lipinski definition) is 3. The third-order valence-electron chi connectivity index (χ3n) is 5.84. The minimum absolute atomic E-state index is 0.127. The van der Waals surface area contributed by atoms with Crippen molar-refractivity contribution in [2.75, 3.05) is 6.61 Å². The van der Waals surface area contributed by atoms with Gasteiger partial charge in [-0.3, -0.25) is 0 Å². The van der Waals surface area contributed by atoms with E-state index in [4.69, 9.17) is 4.74 Å². The number of carbonyl (C=O) groups is 1. The molecule has 18 heavy (non-hydrogen) atoms. The second kappa shape index (κ2) is 3.08. The number of esters is 1. The van der Waals surface area contributed by atoms with Crippen molar-refractivity contribution in [3.63, 3.8) is 0 Å². The molecule has 2 fully saturated rings. The fraction of sp³-hybridized carbons (Fsp3) is 0.667. The lowest BCUT2D eigenvalue weighted by atomic mass is 9.66. The SMILES string of the molecule is CC1=C2C[C@H]3[C@H](CO)[C@H]4C[C@H]4[C@]3(C)C=C2OC1=O. The van der Waals surface area contributed by atoms with Crippen LogP contribution in [0.3, 0.4) is 0 Å². The second-order valence-corrected chi connectivity index (χ2v) is 6.53. The molecular weight excluding hydrogens is 228 g/mol. The Bertz CT molecular complexity index is 516. The molecule has 0 bridgehead atoms. The molecule has 96 valence electrons. The Morgan fingerprint density at radius 3 is 3.00 bits per heavy atom. The average molecular weight is 246 g/mol. The van der Waals surface area contributed by atoms with Crippen molar-refractivity contribution in [1.82, 2.24) is 0 Å². The maximum absolute atomic E-state index is 11.6. The second-order valence-electron chi connectivity index (χ2n) is 6.53. The van der Waals surface area contributed by atoms with Crippen LogP contribution >= 0.6 is 0 Å². The monoisotopic (exact) mass is 246 g/mol. The van der Waals surface area contributed by atoms with E-state index in [0.717, 1.165) is 23.3 Å². The Hall–Kier alpha value is -1.09. The van der Waals surface area contributed by atoms with E-state index in [9.17, 15) is 9.90 Å². The van der Waals surface area contributed by atoms with Crippen LogP contribution in [0, 0.1) is 29.1 Å². The van der Waals surface area contributed by atoms with E-state index in [1.54, 1.807) is 0 Å². The third kappa shape index (κ3) is 1.07. The highest BCUT2D eigenvalue weighted by Gasteiger charge is 2.66. The molecule has 4 rings (SSSR count). The zero-order chi connectivity index (χ0) is 12.7. The van der Waals surface area contributed by atoms with E-state index in [2.05, 4.69) is 13.0 Å². The standard InChI is InChI=1S/C15H18O3/c1-7-8-3-12-10(6-16)9-4-11(9)15(12,2)5-13(8)18-14(7)17/h5,9-12,16H,3-4,6H2,1-2H3/t9-,10-,11-,12+,15+/m1/s1. The molecule has 0 radical (unpaired) electrons. The van der Waals surface area contributed by atoms with E-state index in [-0.39, 0.29) is 18.0 Å². The van der Waals surface area contributed by atoms with Crippen LogP contribution in [0.15, 0.2) is 23.0 Å². The maximum atomic E-state index is 11.6. The van der Waals surface area contributed by atoms with Gasteiger partial charge in [-0.15, -0.1) is 0 Å². The topological polar surface area (TPSA) is 46.5 Å². The number of fused-ring (bicyclic) bond motifs is 4. The first kappa shape index (κ1) is 10.8. The zero-order valence-corrected chi connectivity index (χ0v) is 10.8. The van der Waals surface area contributed by atoms with Crippen molar-refractivity contribution in [3.8, 4) is 0 Å². The van der Waals surface area contributed by atoms with Gasteiger partial charge in [0.1, 0.15) is 5.76 Å². The lowest BCUT2D eigenvalue weighted by Gasteiger charge is -2.38. The van der Waals surface area contributed by atoms with E-state index in [1.807, 2.05) is 6.92 Å². The Kier molecular flexibility index (Phi) is 1.85. The van der Waals surface area contributed by atoms with Gasteiger partial charge in [0.25, 0.3) is 0 Å². The molecule has 0 aromatic carbocycles. The van der Waals surface area contributed by atoms with Gasteiger partial charge in [-0.05, 0) is 54.9 Å². The van der Waals surface area contributed by atoms with Crippen LogP contribution in [0.5, 0.6) is 0 Å². The van der Waals surface area contributed by atoms with Gasteiger partial charge in [-0.25, -0.2) is 4.79 Å². The summed E-state index contributed by atoms with van der Waals surface area (Å²) in [5.74, 6) is 2.89. The summed E-state index contributed by atoms with van der Waals surface area (Å²) in [6.45, 7) is 4.42. The van der Waals surface area contributed by atoms with Crippen molar-refractivity contribution < 1.29 is 14.6 Å². The van der Waals surface area contributed by atoms with Crippen molar-refractivity contribution in [2.24, 2.45) is 29.1 Å². The number of aliphatic hydroxyl groups is 1. The molecule has 0 spiro atoms. The molecule has 0 aromatic heterocycles. The fourth-order valence-corrected chi connectivity index (χ4v) is 4.70. The maximum Gasteiger partial charge on any atom is 0.339 e. The van der Waals surface area contributed by atoms with Gasteiger partial charge in [0.15, 0.2) is 0 Å². The fourth-order valence-electron chi connectivity index (χ4n) is 4.70. The van der Waals surface area contributed by atoms with Gasteiger partial charge in [-0.2, -0.15) is 0 Å². The van der Waals surface area contributed by atoms with E-state index in [1.165, 1.54) is 6.42 Å². The summed E-state index contributed by atoms with van der Waals surface area (Å²) in [4.78, 5) is 11.6. The quantitative estimate of drug-likeness (QED) is 0.720. The first-order valence-corrected chi connectivity index (χ1v) is 6.82. The molecule has 1 N–H and O–H groups in total. The normalized spacial score (nSPS) is 48.4. The molecule has 0 amide bonds. The molecule has 4 aliphatic rings. The summed E-state index contributed by atoms with van der Waals surface area (Å²) in [6, 6.07) is 0. The number of aliphatic hydroxyl groups excluding tert-OH is 1. The molecule has 0 aromatic rings. The molecule has 3 heteroatoms. The highest BCUT2D eigenvalue weighted by atomic mass is 16.5. The van der Waals surface area contributed by atoms with Gasteiger partial charge in [0.05, 0.1) is 0 Å². The van der Waals surface area contributed by atoms with E-state index in [0.29, 0.717) is 23.7 Å². The Morgan fingerprint density at radius 1 is 1.50 bits per heavy atom. The first-order chi connectivity index (χ1) is 8.56. The average Bonchev–Trinajstić information content (AvgIpc) is 3.03. The predicted molar refractivity (Wildman–Crippen MR) is 65.3 cm³/mol. The van der Waals surface area contributed by atoms with Crippen LogP contribution in [0.2, 0.25) is 0 Å². The lowest BCUT2D eigenvalue weighted by Crippen LogP contribution is -2.33. The van der Waals surface area contributed by atoms with Gasteiger partial charge in [-0.1, -0.05) is 6.92 Å². The van der Waals surface area contributed by atoms with Crippen LogP contribution in [-0.4, -0.2) is 17.7 Å². The minimum Gasteiger partial charge on any atom is -0.423 e. The molecule has 1 aliphatic heterocycles. The van der Waals surface area contributed by atoms with Crippen LogP contribution in [0.4, 0.5) is 0 Å². The molecule has 0 unspecified atom stereocenters. The molecule has 3 nitrogen and oxygen atoms in total. The van der Waals surface area contributed by atoms with Crippen molar-refractivity contribution in [2.45, 2.75) is 26.7 Å². The zero-order valence-electron chi connectivity index (χ0n) is 10.8. The largest absolute Gasteiger partial charge is 0.423 e. The van der Waals surface area contributed by atoms with E-state index >= 15 is 0 Å². The summed E-state index contributed by atoms with van der Waals surface area (Å²) >= 11 is 0. The molecule has 3 aliphatic carbocycles. The summed E-state index contributed by atoms with van der Waals surface area (Å²) in [6.07, 6.45) is 4.32. The van der Waals surface area contributed by atoms with E-state index < -0.39 is 0 Å². The third-order valence-corrected chi connectivity index (χ3v) is 5.84. The number of rotatable bonds is 1. The van der Waals surface area contributed by atoms with Crippen LogP contribution in [0.1, 0.15) is 26.7 Å². The van der Waals surface area contributed by atoms with Crippen molar-refractivity contribution >= 4 is 5.97 Å². The predicted octanol–water partition coefficient (Wildman–Crippen LogP) is 2.03. The smallest absolute Gasteiger partial charge is 0.339 e. The minimum atomic E-state index is -0.187. The van der Waals surface area contributed by atoms with Gasteiger partial charge < -0.3 is 9.84 Å². The Labute approximate surface area is 107 Å². The molecule has 2 saturated carbocycles. The number of hydrogen-bond donors (Lipinski definition) is 1. The number of ether oxygens (including phenoxy) is 1. The highest BCUT2D eigenvalue weighted by Crippen LogP contribution is 2.71. The number of carbonyl (C=O) groups excluding carboxylic acids is 1. The first-order valence-electron chi connectivity index (χ1n) is 6.82. The molecule has 0 saturated heterocycles. The van der Waals surface area contributed by atoms with Crippen LogP contribution in [0.25, 0.3) is 0 Å². The van der Waals surface area contributed by atoms with Gasteiger partial charge >= 0.3 is 5.97 Å². The summed E-state index contributed by atoms with van der Waals surface area (Å²) < 4.78 is 5.37. The molecule has 1 heterocycles. The highest BCUT2D eigenvalue weighted by molar-refractivity contribution is 5.94. The summed E-state index contributed by atoms with van der Waals surface area (Å²) in [5.41, 5.74) is 1.98. The Balaban J connectivity index is 1.82. The Morgan fingerprint density at radius 2 is 2.28 bits per heavy atom. The van der Waals surface area contributed by atoms with Crippen molar-refractivity contribution in [1.29, 1.82) is 0 Å². The van der Waals surface area contributed by atoms with Crippen LogP contribution < -0.4 is 0 Å². The summed E-state index contributed by atoms with van der Waals surface area (Å²) in [7, 11) is 0. The number of allylic oxidation sites excluding steroid dienone is 2. The van der Waals surface area contributed by atoms with Crippen LogP contribution in [-0.2, 0) is 9.53 Å². The molecular formula is C15H18O3.